The van der Waals surface area contributed by atoms with Gasteiger partial charge in [0.05, 0.1) is 6.54 Å². The van der Waals surface area contributed by atoms with E-state index in [-0.39, 0.29) is 18.1 Å². The van der Waals surface area contributed by atoms with E-state index in [0.29, 0.717) is 31.9 Å². The van der Waals surface area contributed by atoms with Crippen molar-refractivity contribution >= 4 is 6.03 Å². The molecule has 0 radical (unpaired) electrons. The first-order valence-corrected chi connectivity index (χ1v) is 6.80. The van der Waals surface area contributed by atoms with Crippen molar-refractivity contribution in [3.05, 3.63) is 12.2 Å². The van der Waals surface area contributed by atoms with E-state index in [0.717, 1.165) is 0 Å². The molecule has 0 saturated carbocycles. The third-order valence-corrected chi connectivity index (χ3v) is 2.74. The Bertz CT molecular complexity index is 425. The van der Waals surface area contributed by atoms with Gasteiger partial charge >= 0.3 is 6.03 Å². The lowest BCUT2D eigenvalue weighted by Crippen LogP contribution is -2.44. The third-order valence-electron chi connectivity index (χ3n) is 2.74. The molecule has 1 rings (SSSR count). The van der Waals surface area contributed by atoms with Gasteiger partial charge in [0, 0.05) is 26.7 Å². The van der Waals surface area contributed by atoms with Crippen molar-refractivity contribution in [1.29, 1.82) is 0 Å². The Balaban J connectivity index is 2.56. The first-order chi connectivity index (χ1) is 9.33. The van der Waals surface area contributed by atoms with E-state index in [9.17, 15) is 4.79 Å². The van der Waals surface area contributed by atoms with Crippen LogP contribution in [0.1, 0.15) is 33.0 Å². The minimum Gasteiger partial charge on any atom is -0.396 e. The highest BCUT2D eigenvalue weighted by molar-refractivity contribution is 5.74. The van der Waals surface area contributed by atoms with Crippen LogP contribution < -0.4 is 5.32 Å². The molecule has 0 unspecified atom stereocenters. The smallest absolute Gasteiger partial charge is 0.317 e. The highest BCUT2D eigenvalue weighted by Gasteiger charge is 2.20. The van der Waals surface area contributed by atoms with Gasteiger partial charge in [-0.05, 0) is 11.8 Å². The number of hydrogen-bond acceptors (Lipinski definition) is 4. The minimum absolute atomic E-state index is 0.0115. The Labute approximate surface area is 120 Å². The number of urea groups is 1. The second kappa shape index (κ2) is 7.23. The molecule has 1 aromatic heterocycles. The second-order valence-corrected chi connectivity index (χ2v) is 6.02. The van der Waals surface area contributed by atoms with Crippen molar-refractivity contribution in [2.45, 2.75) is 33.7 Å². The molecule has 0 fully saturated rings. The van der Waals surface area contributed by atoms with E-state index in [1.807, 2.05) is 0 Å². The summed E-state index contributed by atoms with van der Waals surface area (Å²) in [6.07, 6.45) is 2.04. The third kappa shape index (κ3) is 5.56. The number of nitrogens with zero attached hydrogens (tertiary/aromatic N) is 4. The van der Waals surface area contributed by atoms with Gasteiger partial charge in [0.25, 0.3) is 0 Å². The number of aliphatic hydroxyl groups is 1. The molecule has 0 aromatic carbocycles. The standard InChI is InChI=1S/C13H25N5O2/c1-13(2,3)9-18(6-5-7-19)12(20)14-8-11-15-10-16-17(11)4/h10,19H,5-9H2,1-4H3,(H,14,20). The van der Waals surface area contributed by atoms with Gasteiger partial charge in [0.15, 0.2) is 0 Å². The molecular formula is C13H25N5O2. The Morgan fingerprint density at radius 1 is 1.50 bits per heavy atom. The SMILES string of the molecule is Cn1ncnc1CNC(=O)N(CCCO)CC(C)(C)C. The van der Waals surface area contributed by atoms with Crippen LogP contribution in [0.15, 0.2) is 6.33 Å². The summed E-state index contributed by atoms with van der Waals surface area (Å²) in [7, 11) is 1.78. The number of carbonyl (C=O) groups excluding carboxylic acids is 1. The molecule has 0 aliphatic rings. The van der Waals surface area contributed by atoms with Crippen molar-refractivity contribution < 1.29 is 9.90 Å². The van der Waals surface area contributed by atoms with Crippen LogP contribution in [0.2, 0.25) is 0 Å². The van der Waals surface area contributed by atoms with Crippen LogP contribution in [0.25, 0.3) is 0 Å². The van der Waals surface area contributed by atoms with E-state index in [4.69, 9.17) is 5.11 Å². The molecule has 2 N–H and O–H groups in total. The first-order valence-electron chi connectivity index (χ1n) is 6.80. The van der Waals surface area contributed by atoms with Crippen molar-refractivity contribution in [3.8, 4) is 0 Å². The number of aromatic nitrogens is 3. The molecule has 0 spiro atoms. The maximum atomic E-state index is 12.2. The van der Waals surface area contributed by atoms with E-state index in [2.05, 4.69) is 36.2 Å². The van der Waals surface area contributed by atoms with Crippen LogP contribution in [-0.4, -0.2) is 50.5 Å². The van der Waals surface area contributed by atoms with Crippen molar-refractivity contribution in [2.75, 3.05) is 19.7 Å². The van der Waals surface area contributed by atoms with Crippen molar-refractivity contribution in [1.82, 2.24) is 25.0 Å². The maximum absolute atomic E-state index is 12.2. The number of nitrogens with one attached hydrogen (secondary N) is 1. The fourth-order valence-corrected chi connectivity index (χ4v) is 1.83. The van der Waals surface area contributed by atoms with Gasteiger partial charge < -0.3 is 15.3 Å². The van der Waals surface area contributed by atoms with Gasteiger partial charge in [-0.3, -0.25) is 4.68 Å². The summed E-state index contributed by atoms with van der Waals surface area (Å²) < 4.78 is 1.63. The lowest BCUT2D eigenvalue weighted by molar-refractivity contribution is 0.164. The molecule has 0 bridgehead atoms. The normalized spacial score (nSPS) is 11.4. The molecule has 7 heteroatoms. The van der Waals surface area contributed by atoms with Crippen LogP contribution in [0.4, 0.5) is 4.79 Å². The summed E-state index contributed by atoms with van der Waals surface area (Å²) in [5, 5.41) is 15.7. The predicted molar refractivity (Wildman–Crippen MR) is 76.0 cm³/mol. The lowest BCUT2D eigenvalue weighted by Gasteiger charge is -2.30. The van der Waals surface area contributed by atoms with Gasteiger partial charge in [-0.2, -0.15) is 5.10 Å². The highest BCUT2D eigenvalue weighted by atomic mass is 16.3. The molecular weight excluding hydrogens is 258 g/mol. The molecule has 0 aliphatic carbocycles. The average molecular weight is 283 g/mol. The highest BCUT2D eigenvalue weighted by Crippen LogP contribution is 2.15. The van der Waals surface area contributed by atoms with Gasteiger partial charge in [0.2, 0.25) is 0 Å². The van der Waals surface area contributed by atoms with E-state index in [1.165, 1.54) is 6.33 Å². The fourth-order valence-electron chi connectivity index (χ4n) is 1.83. The summed E-state index contributed by atoms with van der Waals surface area (Å²) in [6.45, 7) is 7.83. The zero-order chi connectivity index (χ0) is 15.2. The fraction of sp³-hybridized carbons (Fsp3) is 0.769. The van der Waals surface area contributed by atoms with Crippen LogP contribution in [0.5, 0.6) is 0 Å². The van der Waals surface area contributed by atoms with Crippen LogP contribution >= 0.6 is 0 Å². The van der Waals surface area contributed by atoms with Gasteiger partial charge in [-0.15, -0.1) is 0 Å². The Kier molecular flexibility index (Phi) is 5.94. The first kappa shape index (κ1) is 16.4. The summed E-state index contributed by atoms with van der Waals surface area (Å²) in [4.78, 5) is 18.0. The van der Waals surface area contributed by atoms with E-state index in [1.54, 1.807) is 16.6 Å². The molecule has 7 nitrogen and oxygen atoms in total. The summed E-state index contributed by atoms with van der Waals surface area (Å²) in [5.41, 5.74) is 0.0115. The van der Waals surface area contributed by atoms with Gasteiger partial charge in [-0.25, -0.2) is 9.78 Å². The number of hydrogen-bond donors (Lipinski definition) is 2. The Morgan fingerprint density at radius 2 is 2.20 bits per heavy atom. The van der Waals surface area contributed by atoms with Gasteiger partial charge in [0.1, 0.15) is 12.2 Å². The molecule has 0 aliphatic heterocycles. The summed E-state index contributed by atoms with van der Waals surface area (Å²) >= 11 is 0. The van der Waals surface area contributed by atoms with Gasteiger partial charge in [-0.1, -0.05) is 20.8 Å². The van der Waals surface area contributed by atoms with Crippen molar-refractivity contribution in [3.63, 3.8) is 0 Å². The number of amides is 2. The quantitative estimate of drug-likeness (QED) is 0.807. The molecule has 1 aromatic rings. The van der Waals surface area contributed by atoms with Crippen LogP contribution in [0, 0.1) is 5.41 Å². The number of rotatable bonds is 6. The maximum Gasteiger partial charge on any atom is 0.317 e. The Hall–Kier alpha value is -1.63. The molecule has 114 valence electrons. The predicted octanol–water partition coefficient (Wildman–Crippen LogP) is 0.755. The minimum atomic E-state index is -0.142. The summed E-state index contributed by atoms with van der Waals surface area (Å²) in [5.74, 6) is 0.705. The van der Waals surface area contributed by atoms with Crippen LogP contribution in [-0.2, 0) is 13.6 Å². The number of carbonyl (C=O) groups is 1. The largest absolute Gasteiger partial charge is 0.396 e. The number of aryl methyl sites for hydroxylation is 1. The molecule has 2 amide bonds. The zero-order valence-corrected chi connectivity index (χ0v) is 12.8. The van der Waals surface area contributed by atoms with Crippen molar-refractivity contribution in [2.24, 2.45) is 12.5 Å². The average Bonchev–Trinajstić information content (AvgIpc) is 2.75. The summed E-state index contributed by atoms with van der Waals surface area (Å²) in [6, 6.07) is -0.142. The molecule has 1 heterocycles. The van der Waals surface area contributed by atoms with E-state index < -0.39 is 0 Å². The lowest BCUT2D eigenvalue weighted by atomic mass is 9.96. The number of aliphatic hydroxyl groups excluding tert-OH is 1. The zero-order valence-electron chi connectivity index (χ0n) is 12.8. The second-order valence-electron chi connectivity index (χ2n) is 6.02. The molecule has 20 heavy (non-hydrogen) atoms. The monoisotopic (exact) mass is 283 g/mol. The molecule has 0 saturated heterocycles. The topological polar surface area (TPSA) is 83.3 Å². The van der Waals surface area contributed by atoms with E-state index >= 15 is 0 Å². The molecule has 0 atom stereocenters. The Morgan fingerprint density at radius 3 is 2.70 bits per heavy atom. The van der Waals surface area contributed by atoms with Crippen LogP contribution in [0.3, 0.4) is 0 Å².